The minimum absolute atomic E-state index is 0.0318. The number of halogens is 1. The molecule has 5 aromatic rings. The van der Waals surface area contributed by atoms with Gasteiger partial charge in [0.15, 0.2) is 0 Å². The zero-order valence-electron chi connectivity index (χ0n) is 29.1. The number of rotatable bonds is 17. The Kier molecular flexibility index (Phi) is 12.4. The lowest BCUT2D eigenvalue weighted by Gasteiger charge is -2.18. The molecular weight excluding hydrogens is 698 g/mol. The van der Waals surface area contributed by atoms with Crippen LogP contribution in [0.4, 0.5) is 5.69 Å². The molecule has 1 aliphatic heterocycles. The van der Waals surface area contributed by atoms with Crippen molar-refractivity contribution in [3.8, 4) is 28.7 Å². The number of para-hydroxylation sites is 1. The number of hydrogen-bond donors (Lipinski definition) is 5. The number of aryl methyl sites for hydroxylation is 1. The molecule has 276 valence electrons. The molecule has 6 N–H and O–H groups in total. The van der Waals surface area contributed by atoms with Crippen molar-refractivity contribution >= 4 is 34.2 Å². The molecule has 0 radical (unpaired) electrons. The lowest BCUT2D eigenvalue weighted by Crippen LogP contribution is -2.39. The number of carbonyl (C=O) groups is 1. The first-order valence-corrected chi connectivity index (χ1v) is 17.8. The number of pyridine rings is 1. The number of carboxylic acid groups (broad SMARTS) is 1. The highest BCUT2D eigenvalue weighted by atomic mass is 35.5. The molecule has 0 spiro atoms. The van der Waals surface area contributed by atoms with Crippen molar-refractivity contribution in [3.05, 3.63) is 100 Å². The maximum absolute atomic E-state index is 11.5. The number of fused-ring (bicyclic) bond motifs is 1. The third kappa shape index (κ3) is 9.23. The predicted octanol–water partition coefficient (Wildman–Crippen LogP) is 4.75. The maximum Gasteiger partial charge on any atom is 0.323 e. The highest BCUT2D eigenvalue weighted by molar-refractivity contribution is 6.32. The van der Waals surface area contributed by atoms with Crippen LogP contribution in [0.2, 0.25) is 5.02 Å². The zero-order valence-corrected chi connectivity index (χ0v) is 29.9. The van der Waals surface area contributed by atoms with Crippen LogP contribution in [0.25, 0.3) is 22.0 Å². The van der Waals surface area contributed by atoms with Crippen LogP contribution in [-0.2, 0) is 31.1 Å². The smallest absolute Gasteiger partial charge is 0.323 e. The first kappa shape index (κ1) is 37.5. The number of unbranched alkanes of at least 4 members (excludes halogenated alkanes) is 1. The molecule has 0 amide bonds. The fraction of sp³-hybridized carbons (Fsp3) is 0.333. The Morgan fingerprint density at radius 1 is 1.04 bits per heavy atom. The van der Waals surface area contributed by atoms with Crippen LogP contribution in [0.1, 0.15) is 41.5 Å². The molecule has 53 heavy (non-hydrogen) atoms. The summed E-state index contributed by atoms with van der Waals surface area (Å²) >= 11 is 6.68. The van der Waals surface area contributed by atoms with Gasteiger partial charge in [0.1, 0.15) is 36.8 Å². The number of aromatic nitrogens is 3. The lowest BCUT2D eigenvalue weighted by molar-refractivity contribution is -0.140. The fourth-order valence-corrected chi connectivity index (χ4v) is 6.71. The Morgan fingerprint density at radius 2 is 1.83 bits per heavy atom. The number of hydrogen-bond acceptors (Lipinski definition) is 11. The molecule has 2 atom stereocenters. The van der Waals surface area contributed by atoms with E-state index < -0.39 is 18.6 Å². The van der Waals surface area contributed by atoms with Crippen LogP contribution >= 0.6 is 11.6 Å². The highest BCUT2D eigenvalue weighted by Crippen LogP contribution is 2.37. The SMILES string of the molecule is N#Cc1cncc(COc2cc(OCc3cccc(-c4cccc5c4cnn5CCCCN4CC[C@@H](O)C4)c3N)c(Cl)cc2CNC(CO)C(=O)O)c1. The van der Waals surface area contributed by atoms with Crippen molar-refractivity contribution in [3.63, 3.8) is 0 Å². The lowest BCUT2D eigenvalue weighted by atomic mass is 9.98. The number of aliphatic hydroxyl groups is 2. The summed E-state index contributed by atoms with van der Waals surface area (Å²) in [5.41, 5.74) is 12.5. The van der Waals surface area contributed by atoms with Crippen LogP contribution in [0, 0.1) is 11.3 Å². The van der Waals surface area contributed by atoms with Gasteiger partial charge in [0.2, 0.25) is 0 Å². The average molecular weight is 740 g/mol. The number of nitrogens with one attached hydrogen (secondary N) is 1. The van der Waals surface area contributed by atoms with Gasteiger partial charge in [0.05, 0.1) is 35.0 Å². The van der Waals surface area contributed by atoms with Gasteiger partial charge in [-0.3, -0.25) is 19.8 Å². The van der Waals surface area contributed by atoms with E-state index >= 15 is 0 Å². The van der Waals surface area contributed by atoms with Gasteiger partial charge in [-0.1, -0.05) is 41.9 Å². The largest absolute Gasteiger partial charge is 0.488 e. The summed E-state index contributed by atoms with van der Waals surface area (Å²) in [5.74, 6) is -0.515. The van der Waals surface area contributed by atoms with Gasteiger partial charge < -0.3 is 35.4 Å². The second kappa shape index (κ2) is 17.5. The van der Waals surface area contributed by atoms with E-state index in [9.17, 15) is 25.4 Å². The molecule has 1 aliphatic rings. The number of aliphatic carboxylic acids is 1. The molecule has 3 heterocycles. The molecule has 3 aromatic carbocycles. The van der Waals surface area contributed by atoms with Crippen LogP contribution in [0.5, 0.6) is 11.5 Å². The third-order valence-electron chi connectivity index (χ3n) is 9.35. The number of nitrogens with two attached hydrogens (primary N) is 1. The topological polar surface area (TPSA) is 192 Å². The molecular formula is C39H42ClN7O6. The summed E-state index contributed by atoms with van der Waals surface area (Å²) in [5, 5.41) is 46.7. The highest BCUT2D eigenvalue weighted by Gasteiger charge is 2.21. The normalized spacial score (nSPS) is 15.0. The summed E-state index contributed by atoms with van der Waals surface area (Å²) in [7, 11) is 0. The summed E-state index contributed by atoms with van der Waals surface area (Å²) in [4.78, 5) is 17.9. The van der Waals surface area contributed by atoms with Crippen molar-refractivity contribution in [1.29, 1.82) is 5.26 Å². The van der Waals surface area contributed by atoms with Crippen LogP contribution in [0.15, 0.2) is 73.2 Å². The molecule has 0 saturated carbocycles. The molecule has 2 aromatic heterocycles. The van der Waals surface area contributed by atoms with Crippen LogP contribution in [-0.4, -0.2) is 79.3 Å². The van der Waals surface area contributed by atoms with Crippen LogP contribution < -0.4 is 20.5 Å². The number of nitriles is 1. The van der Waals surface area contributed by atoms with Gasteiger partial charge in [0.25, 0.3) is 0 Å². The van der Waals surface area contributed by atoms with Crippen LogP contribution in [0.3, 0.4) is 0 Å². The average Bonchev–Trinajstić information content (AvgIpc) is 3.78. The number of nitrogens with zero attached hydrogens (tertiary/aromatic N) is 5. The van der Waals surface area contributed by atoms with E-state index in [0.717, 1.165) is 73.0 Å². The van der Waals surface area contributed by atoms with Crippen molar-refractivity contribution in [2.75, 3.05) is 32.0 Å². The van der Waals surface area contributed by atoms with E-state index in [1.165, 1.54) is 6.20 Å². The number of anilines is 1. The molecule has 0 bridgehead atoms. The van der Waals surface area contributed by atoms with Crippen molar-refractivity contribution in [1.82, 2.24) is 25.0 Å². The Hall–Kier alpha value is -5.23. The van der Waals surface area contributed by atoms with E-state index in [2.05, 4.69) is 27.3 Å². The van der Waals surface area contributed by atoms with E-state index in [1.807, 2.05) is 41.2 Å². The third-order valence-corrected chi connectivity index (χ3v) is 9.65. The van der Waals surface area contributed by atoms with Gasteiger partial charge in [-0.05, 0) is 49.6 Å². The van der Waals surface area contributed by atoms with Gasteiger partial charge in [-0.2, -0.15) is 10.4 Å². The first-order valence-electron chi connectivity index (χ1n) is 17.5. The minimum atomic E-state index is -1.20. The number of aliphatic hydroxyl groups excluding tert-OH is 2. The number of nitrogen functional groups attached to an aromatic ring is 1. The molecule has 6 rings (SSSR count). The monoisotopic (exact) mass is 739 g/mol. The number of carboxylic acids is 1. The number of β-amino-alcohol motifs (C(OH)–C–C–N with tert-alkyl or cyclic N) is 1. The van der Waals surface area contributed by atoms with E-state index in [0.29, 0.717) is 33.9 Å². The summed E-state index contributed by atoms with van der Waals surface area (Å²) < 4.78 is 14.4. The van der Waals surface area contributed by atoms with Gasteiger partial charge >= 0.3 is 5.97 Å². The van der Waals surface area contributed by atoms with Crippen molar-refractivity contribution in [2.45, 2.75) is 57.7 Å². The standard InChI is InChI=1S/C39H42ClN7O6/c40-33-14-28(19-44-34(22-48)39(50)51)36(52-23-26-13-25(16-41)17-43-18-26)15-37(33)53-24-27-5-3-7-31(38(27)42)30-6-4-8-35-32(30)20-45-47(35)11-2-1-10-46-12-9-29(49)21-46/h3-8,13-15,17-18,20,29,34,44,48-49H,1-2,9-12,19,21-24,42H2,(H,50,51)/t29-,34?/m1/s1. The second-order valence-electron chi connectivity index (χ2n) is 13.1. The van der Waals surface area contributed by atoms with E-state index in [1.54, 1.807) is 24.4 Å². The summed E-state index contributed by atoms with van der Waals surface area (Å²) in [6.45, 7) is 3.07. The van der Waals surface area contributed by atoms with Crippen molar-refractivity contribution in [2.24, 2.45) is 0 Å². The predicted molar refractivity (Wildman–Crippen MR) is 200 cm³/mol. The molecule has 1 saturated heterocycles. The fourth-order valence-electron chi connectivity index (χ4n) is 6.47. The number of benzene rings is 3. The maximum atomic E-state index is 11.5. The van der Waals surface area contributed by atoms with Gasteiger partial charge in [-0.15, -0.1) is 0 Å². The molecule has 1 unspecified atom stereocenters. The number of ether oxygens (including phenoxy) is 2. The number of likely N-dealkylation sites (tertiary alicyclic amines) is 1. The van der Waals surface area contributed by atoms with Gasteiger partial charge in [-0.25, -0.2) is 0 Å². The summed E-state index contributed by atoms with van der Waals surface area (Å²) in [6.07, 6.45) is 7.58. The quantitative estimate of drug-likeness (QED) is 0.0651. The van der Waals surface area contributed by atoms with Crippen molar-refractivity contribution < 1.29 is 29.6 Å². The van der Waals surface area contributed by atoms with E-state index in [4.69, 9.17) is 31.9 Å². The Labute approximate surface area is 312 Å². The molecule has 0 aliphatic carbocycles. The Balaban J connectivity index is 1.18. The van der Waals surface area contributed by atoms with Gasteiger partial charge in [0, 0.05) is 78.0 Å². The Bertz CT molecular complexity index is 2100. The Morgan fingerprint density at radius 3 is 2.60 bits per heavy atom. The zero-order chi connectivity index (χ0) is 37.3. The second-order valence-corrected chi connectivity index (χ2v) is 13.5. The summed E-state index contributed by atoms with van der Waals surface area (Å²) in [6, 6.07) is 17.7. The first-order chi connectivity index (χ1) is 25.7. The molecule has 14 heteroatoms. The minimum Gasteiger partial charge on any atom is -0.488 e. The molecule has 1 fully saturated rings. The van der Waals surface area contributed by atoms with E-state index in [-0.39, 0.29) is 30.9 Å². The molecule has 13 nitrogen and oxygen atoms in total.